The van der Waals surface area contributed by atoms with E-state index in [0.29, 0.717) is 13.0 Å². The molecule has 0 bridgehead atoms. The van der Waals surface area contributed by atoms with E-state index in [2.05, 4.69) is 52.6 Å². The van der Waals surface area contributed by atoms with E-state index < -0.39 is 20.1 Å². The number of ether oxygens (including phenoxy) is 3. The predicted molar refractivity (Wildman–Crippen MR) is 110 cm³/mol. The van der Waals surface area contributed by atoms with Gasteiger partial charge in [-0.1, -0.05) is 40.0 Å². The van der Waals surface area contributed by atoms with E-state index in [9.17, 15) is 4.79 Å². The molecule has 0 N–H and O–H groups in total. The van der Waals surface area contributed by atoms with Gasteiger partial charge in [-0.3, -0.25) is 0 Å². The maximum Gasteiger partial charge on any atom is 0.384 e. The van der Waals surface area contributed by atoms with E-state index in [1.165, 1.54) is 0 Å². The minimum Gasteiger partial charge on any atom is -0.456 e. The van der Waals surface area contributed by atoms with Gasteiger partial charge in [-0.05, 0) is 45.3 Å². The molecule has 0 unspecified atom stereocenters. The second-order valence-corrected chi connectivity index (χ2v) is 13.8. The van der Waals surface area contributed by atoms with Crippen LogP contribution >= 0.6 is 0 Å². The Bertz CT molecular complexity index is 553. The van der Waals surface area contributed by atoms with Crippen LogP contribution in [0.25, 0.3) is 0 Å². The van der Waals surface area contributed by atoms with Crippen LogP contribution in [0.4, 0.5) is 0 Å². The average Bonchev–Trinajstić information content (AvgIpc) is 2.80. The molecule has 1 aliphatic heterocycles. The van der Waals surface area contributed by atoms with Crippen LogP contribution in [0.2, 0.25) is 18.1 Å². The molecule has 0 aromatic carbocycles. The topological polar surface area (TPSA) is 54.0 Å². The fraction of sp³-hybridized carbons (Fsp3) is 0.857. The van der Waals surface area contributed by atoms with E-state index in [1.54, 1.807) is 6.92 Å². The third-order valence-electron chi connectivity index (χ3n) is 5.18. The third-order valence-corrected chi connectivity index (χ3v) is 9.69. The normalized spacial score (nSPS) is 23.4. The van der Waals surface area contributed by atoms with Crippen molar-refractivity contribution >= 4 is 14.3 Å². The molecule has 0 saturated carbocycles. The van der Waals surface area contributed by atoms with Crippen LogP contribution in [0.15, 0.2) is 0 Å². The highest BCUT2D eigenvalue weighted by Gasteiger charge is 2.48. The maximum atomic E-state index is 11.6. The molecule has 1 fully saturated rings. The summed E-state index contributed by atoms with van der Waals surface area (Å²) in [5.74, 6) is 4.36. The molecule has 5 nitrogen and oxygen atoms in total. The van der Waals surface area contributed by atoms with E-state index >= 15 is 0 Å². The lowest BCUT2D eigenvalue weighted by atomic mass is 10.0. The Hall–Kier alpha value is -0.873. The van der Waals surface area contributed by atoms with Gasteiger partial charge in [0.2, 0.25) is 0 Å². The predicted octanol–water partition coefficient (Wildman–Crippen LogP) is 4.65. The van der Waals surface area contributed by atoms with Crippen molar-refractivity contribution in [3.63, 3.8) is 0 Å². The fourth-order valence-electron chi connectivity index (χ4n) is 2.86. The first-order valence-corrected chi connectivity index (χ1v) is 12.9. The Labute approximate surface area is 166 Å². The first-order valence-electron chi connectivity index (χ1n) is 10.0. The van der Waals surface area contributed by atoms with Gasteiger partial charge in [0.15, 0.2) is 14.1 Å². The van der Waals surface area contributed by atoms with Crippen molar-refractivity contribution in [2.45, 2.75) is 110 Å². The molecule has 1 rings (SSSR count). The molecule has 0 aromatic heterocycles. The van der Waals surface area contributed by atoms with Crippen LogP contribution in [-0.2, 0) is 23.4 Å². The van der Waals surface area contributed by atoms with Gasteiger partial charge in [-0.15, -0.1) is 0 Å². The molecular weight excluding hydrogens is 360 g/mol. The highest BCUT2D eigenvalue weighted by Crippen LogP contribution is 2.40. The van der Waals surface area contributed by atoms with Crippen molar-refractivity contribution in [3.05, 3.63) is 0 Å². The molecule has 0 amide bonds. The van der Waals surface area contributed by atoms with Gasteiger partial charge in [0.1, 0.15) is 6.10 Å². The Morgan fingerprint density at radius 2 is 1.85 bits per heavy atom. The van der Waals surface area contributed by atoms with Crippen LogP contribution < -0.4 is 0 Å². The smallest absolute Gasteiger partial charge is 0.384 e. The van der Waals surface area contributed by atoms with Crippen molar-refractivity contribution in [3.8, 4) is 11.8 Å². The molecule has 0 radical (unpaired) electrons. The zero-order valence-electron chi connectivity index (χ0n) is 18.6. The number of hydrogen-bond donors (Lipinski definition) is 0. The van der Waals surface area contributed by atoms with Gasteiger partial charge in [-0.25, -0.2) is 4.79 Å². The fourth-order valence-corrected chi connectivity index (χ4v) is 4.18. The molecule has 1 heterocycles. The summed E-state index contributed by atoms with van der Waals surface area (Å²) in [6, 6.07) is 0. The minimum absolute atomic E-state index is 0.0378. The zero-order chi connectivity index (χ0) is 20.9. The number of hydrogen-bond acceptors (Lipinski definition) is 5. The Kier molecular flexibility index (Phi) is 8.55. The lowest BCUT2D eigenvalue weighted by Gasteiger charge is -2.40. The number of rotatable bonds is 7. The summed E-state index contributed by atoms with van der Waals surface area (Å²) >= 11 is 0. The van der Waals surface area contributed by atoms with Crippen molar-refractivity contribution < 1.29 is 23.4 Å². The van der Waals surface area contributed by atoms with Gasteiger partial charge in [-0.2, -0.15) is 0 Å². The molecule has 27 heavy (non-hydrogen) atoms. The van der Waals surface area contributed by atoms with Gasteiger partial charge in [0.05, 0.1) is 18.8 Å². The largest absolute Gasteiger partial charge is 0.456 e. The van der Waals surface area contributed by atoms with Crippen molar-refractivity contribution in [2.24, 2.45) is 0 Å². The molecule has 0 aromatic rings. The SMILES string of the molecule is CCC[C@H]1OC(C)(C)O[C@@H]1[C@H](CC#CC(=O)OCC)O[Si](C)(C)C(C)(C)C. The molecular formula is C21H38O5Si. The summed E-state index contributed by atoms with van der Waals surface area (Å²) in [5.41, 5.74) is 0. The summed E-state index contributed by atoms with van der Waals surface area (Å²) in [6.45, 7) is 19.2. The molecule has 6 heteroatoms. The lowest BCUT2D eigenvalue weighted by molar-refractivity contribution is -0.154. The van der Waals surface area contributed by atoms with E-state index in [-0.39, 0.29) is 23.4 Å². The second kappa shape index (κ2) is 9.55. The second-order valence-electron chi connectivity index (χ2n) is 9.07. The summed E-state index contributed by atoms with van der Waals surface area (Å²) < 4.78 is 23.9. The van der Waals surface area contributed by atoms with Crippen LogP contribution in [0.5, 0.6) is 0 Å². The number of carbonyl (C=O) groups is 1. The summed E-state index contributed by atoms with van der Waals surface area (Å²) in [6.07, 6.45) is 1.83. The maximum absolute atomic E-state index is 11.6. The van der Waals surface area contributed by atoms with E-state index in [4.69, 9.17) is 18.6 Å². The minimum atomic E-state index is -2.05. The Balaban J connectivity index is 3.07. The number of carbonyl (C=O) groups excluding carboxylic acids is 1. The third kappa shape index (κ3) is 7.23. The van der Waals surface area contributed by atoms with E-state index in [1.807, 2.05) is 13.8 Å². The van der Waals surface area contributed by atoms with Gasteiger partial charge >= 0.3 is 5.97 Å². The Morgan fingerprint density at radius 3 is 2.37 bits per heavy atom. The van der Waals surface area contributed by atoms with Crippen molar-refractivity contribution in [1.82, 2.24) is 0 Å². The van der Waals surface area contributed by atoms with Gasteiger partial charge in [0.25, 0.3) is 0 Å². The molecule has 1 saturated heterocycles. The van der Waals surface area contributed by atoms with Crippen molar-refractivity contribution in [2.75, 3.05) is 6.61 Å². The highest BCUT2D eigenvalue weighted by molar-refractivity contribution is 6.74. The Morgan fingerprint density at radius 1 is 1.22 bits per heavy atom. The van der Waals surface area contributed by atoms with Crippen molar-refractivity contribution in [1.29, 1.82) is 0 Å². The summed E-state index contributed by atoms with van der Waals surface area (Å²) in [5, 5.41) is 0.0645. The first-order chi connectivity index (χ1) is 12.3. The summed E-state index contributed by atoms with van der Waals surface area (Å²) in [4.78, 5) is 11.6. The molecule has 0 aliphatic carbocycles. The summed E-state index contributed by atoms with van der Waals surface area (Å²) in [7, 11) is -2.05. The quantitative estimate of drug-likeness (QED) is 0.270. The average molecular weight is 399 g/mol. The van der Waals surface area contributed by atoms with Gasteiger partial charge in [0, 0.05) is 12.3 Å². The molecule has 1 aliphatic rings. The molecule has 156 valence electrons. The highest BCUT2D eigenvalue weighted by atomic mass is 28.4. The van der Waals surface area contributed by atoms with Crippen LogP contribution in [0.1, 0.15) is 67.7 Å². The zero-order valence-corrected chi connectivity index (χ0v) is 19.6. The van der Waals surface area contributed by atoms with Crippen LogP contribution in [0, 0.1) is 11.8 Å². The monoisotopic (exact) mass is 398 g/mol. The van der Waals surface area contributed by atoms with Crippen LogP contribution in [0.3, 0.4) is 0 Å². The van der Waals surface area contributed by atoms with Crippen LogP contribution in [-0.4, -0.2) is 45.0 Å². The van der Waals surface area contributed by atoms with Gasteiger partial charge < -0.3 is 18.6 Å². The number of esters is 1. The molecule has 0 spiro atoms. The lowest BCUT2D eigenvalue weighted by Crippen LogP contribution is -2.49. The standard InChI is InChI=1S/C21H38O5Si/c1-10-13-16-19(25-21(6,7)24-16)17(14-12-15-18(22)23-11-2)26-27(8,9)20(3,4)5/h16-17,19H,10-11,13-14H2,1-9H3/t16-,17+,19+/m1/s1. The first kappa shape index (κ1) is 24.2. The van der Waals surface area contributed by atoms with E-state index in [0.717, 1.165) is 12.8 Å². The molecule has 3 atom stereocenters.